The van der Waals surface area contributed by atoms with Gasteiger partial charge in [-0.05, 0) is 42.5 Å². The van der Waals surface area contributed by atoms with E-state index in [1.165, 1.54) is 24.4 Å². The van der Waals surface area contributed by atoms with Crippen LogP contribution in [0.3, 0.4) is 0 Å². The highest BCUT2D eigenvalue weighted by Gasteiger charge is 2.07. The summed E-state index contributed by atoms with van der Waals surface area (Å²) in [6.45, 7) is 0. The summed E-state index contributed by atoms with van der Waals surface area (Å²) < 4.78 is 18.3. The zero-order chi connectivity index (χ0) is 17.6. The lowest BCUT2D eigenvalue weighted by molar-refractivity contribution is 0.0954. The highest BCUT2D eigenvalue weighted by molar-refractivity contribution is 5.95. The Kier molecular flexibility index (Phi) is 4.84. The third-order valence-electron chi connectivity index (χ3n) is 3.50. The molecule has 25 heavy (non-hydrogen) atoms. The van der Waals surface area contributed by atoms with Crippen LogP contribution in [-0.2, 0) is 0 Å². The molecule has 3 aromatic rings. The maximum atomic E-state index is 13.1. The van der Waals surface area contributed by atoms with Crippen molar-refractivity contribution in [3.05, 3.63) is 71.7 Å². The molecule has 126 valence electrons. The average Bonchev–Trinajstić information content (AvgIpc) is 3.10. The van der Waals surface area contributed by atoms with Crippen LogP contribution < -0.4 is 10.2 Å². The maximum absolute atomic E-state index is 13.1. The summed E-state index contributed by atoms with van der Waals surface area (Å²) >= 11 is 0. The molecule has 1 aromatic heterocycles. The molecule has 0 aliphatic rings. The number of hydrogen-bond donors (Lipinski definition) is 2. The zero-order valence-corrected chi connectivity index (χ0v) is 13.4. The number of aromatic nitrogens is 2. The molecule has 0 bridgehead atoms. The van der Waals surface area contributed by atoms with Crippen molar-refractivity contribution in [2.75, 3.05) is 7.11 Å². The van der Waals surface area contributed by atoms with Gasteiger partial charge >= 0.3 is 0 Å². The van der Waals surface area contributed by atoms with E-state index in [0.29, 0.717) is 5.56 Å². The number of nitrogens with zero attached hydrogens (tertiary/aromatic N) is 2. The summed E-state index contributed by atoms with van der Waals surface area (Å²) in [4.78, 5) is 11.9. The minimum atomic E-state index is -0.495. The van der Waals surface area contributed by atoms with Gasteiger partial charge in [0.1, 0.15) is 11.6 Å². The van der Waals surface area contributed by atoms with Gasteiger partial charge in [0.2, 0.25) is 0 Å². The van der Waals surface area contributed by atoms with Crippen LogP contribution in [0, 0.1) is 5.82 Å². The van der Waals surface area contributed by atoms with Crippen molar-refractivity contribution in [2.24, 2.45) is 5.10 Å². The molecule has 1 amide bonds. The van der Waals surface area contributed by atoms with Gasteiger partial charge in [-0.3, -0.25) is 9.89 Å². The van der Waals surface area contributed by atoms with Gasteiger partial charge in [-0.15, -0.1) is 0 Å². The number of rotatable bonds is 5. The second kappa shape index (κ2) is 7.39. The first-order chi connectivity index (χ1) is 12.2. The normalized spacial score (nSPS) is 10.8. The fraction of sp³-hybridized carbons (Fsp3) is 0.0556. The molecule has 0 fully saturated rings. The average molecular weight is 338 g/mol. The number of hydrogen-bond acceptors (Lipinski definition) is 4. The Labute approximate surface area is 143 Å². The minimum absolute atomic E-state index is 0.194. The largest absolute Gasteiger partial charge is 0.497 e. The Morgan fingerprint density at radius 3 is 2.80 bits per heavy atom. The van der Waals surface area contributed by atoms with E-state index >= 15 is 0 Å². The molecule has 2 N–H and O–H groups in total. The van der Waals surface area contributed by atoms with Crippen molar-refractivity contribution in [2.45, 2.75) is 0 Å². The molecule has 0 saturated carbocycles. The fourth-order valence-electron chi connectivity index (χ4n) is 2.24. The van der Waals surface area contributed by atoms with Gasteiger partial charge in [-0.25, -0.2) is 9.82 Å². The highest BCUT2D eigenvalue weighted by Crippen LogP contribution is 2.22. The smallest absolute Gasteiger partial charge is 0.271 e. The number of H-pyrrole nitrogens is 1. The van der Waals surface area contributed by atoms with Crippen molar-refractivity contribution in [3.8, 4) is 17.0 Å². The third kappa shape index (κ3) is 3.89. The summed E-state index contributed by atoms with van der Waals surface area (Å²) in [6, 6.07) is 12.8. The number of halogens is 1. The number of aromatic amines is 1. The third-order valence-corrected chi connectivity index (χ3v) is 3.50. The molecule has 2 aromatic carbocycles. The number of nitrogens with one attached hydrogen (secondary N) is 2. The van der Waals surface area contributed by atoms with Crippen molar-refractivity contribution in [1.82, 2.24) is 15.6 Å². The number of hydrazone groups is 1. The van der Waals surface area contributed by atoms with Crippen LogP contribution in [0.2, 0.25) is 0 Å². The molecule has 0 saturated heterocycles. The van der Waals surface area contributed by atoms with Gasteiger partial charge < -0.3 is 4.74 Å². The van der Waals surface area contributed by atoms with Crippen molar-refractivity contribution < 1.29 is 13.9 Å². The van der Waals surface area contributed by atoms with Crippen LogP contribution in [0.5, 0.6) is 5.75 Å². The molecule has 3 rings (SSSR count). The number of methoxy groups -OCH3 is 1. The molecule has 0 radical (unpaired) electrons. The molecule has 0 atom stereocenters. The second-order valence-corrected chi connectivity index (χ2v) is 5.14. The predicted molar refractivity (Wildman–Crippen MR) is 92.0 cm³/mol. The molecule has 0 aliphatic heterocycles. The van der Waals surface area contributed by atoms with E-state index < -0.39 is 11.7 Å². The summed E-state index contributed by atoms with van der Waals surface area (Å²) in [6.07, 6.45) is 3.07. The fourth-order valence-corrected chi connectivity index (χ4v) is 2.24. The van der Waals surface area contributed by atoms with E-state index in [0.717, 1.165) is 23.1 Å². The maximum Gasteiger partial charge on any atom is 0.271 e. The van der Waals surface area contributed by atoms with E-state index in [4.69, 9.17) is 4.74 Å². The zero-order valence-electron chi connectivity index (χ0n) is 13.4. The van der Waals surface area contributed by atoms with E-state index in [-0.39, 0.29) is 5.56 Å². The van der Waals surface area contributed by atoms with Crippen LogP contribution in [0.4, 0.5) is 4.39 Å². The second-order valence-electron chi connectivity index (χ2n) is 5.14. The lowest BCUT2D eigenvalue weighted by Crippen LogP contribution is -2.17. The van der Waals surface area contributed by atoms with Crippen LogP contribution in [0.1, 0.15) is 15.9 Å². The van der Waals surface area contributed by atoms with Gasteiger partial charge in [-0.1, -0.05) is 6.07 Å². The van der Waals surface area contributed by atoms with Crippen LogP contribution in [0.25, 0.3) is 11.3 Å². The van der Waals surface area contributed by atoms with Gasteiger partial charge in [0.15, 0.2) is 0 Å². The van der Waals surface area contributed by atoms with E-state index in [1.54, 1.807) is 13.3 Å². The van der Waals surface area contributed by atoms with Gasteiger partial charge in [0.05, 0.1) is 25.2 Å². The van der Waals surface area contributed by atoms with Crippen molar-refractivity contribution in [3.63, 3.8) is 0 Å². The topological polar surface area (TPSA) is 79.4 Å². The standard InChI is InChI=1S/C18H15FN4O2/c1-25-16-7-5-12(6-8-16)17-14(10-20-22-17)11-21-23-18(24)13-3-2-4-15(19)9-13/h2-11H,1H3,(H,20,22)(H,23,24). The van der Waals surface area contributed by atoms with Crippen LogP contribution in [-0.4, -0.2) is 29.4 Å². The number of carbonyl (C=O) groups is 1. The lowest BCUT2D eigenvalue weighted by atomic mass is 10.1. The first-order valence-corrected chi connectivity index (χ1v) is 7.44. The highest BCUT2D eigenvalue weighted by atomic mass is 19.1. The van der Waals surface area contributed by atoms with Gasteiger partial charge in [0, 0.05) is 16.7 Å². The van der Waals surface area contributed by atoms with E-state index in [9.17, 15) is 9.18 Å². The molecule has 0 spiro atoms. The summed E-state index contributed by atoms with van der Waals surface area (Å²) in [7, 11) is 1.60. The Balaban J connectivity index is 1.72. The number of carbonyl (C=O) groups excluding carboxylic acids is 1. The van der Waals surface area contributed by atoms with Gasteiger partial charge in [0.25, 0.3) is 5.91 Å². The molecule has 0 aliphatic carbocycles. The number of benzene rings is 2. The molecular formula is C18H15FN4O2. The van der Waals surface area contributed by atoms with Crippen molar-refractivity contribution in [1.29, 1.82) is 0 Å². The Bertz CT molecular complexity index is 903. The SMILES string of the molecule is COc1ccc(-c2[nH]ncc2C=NNC(=O)c2cccc(F)c2)cc1. The number of amides is 1. The van der Waals surface area contributed by atoms with E-state index in [2.05, 4.69) is 20.7 Å². The van der Waals surface area contributed by atoms with Crippen molar-refractivity contribution >= 4 is 12.1 Å². The van der Waals surface area contributed by atoms with Crippen LogP contribution in [0.15, 0.2) is 59.8 Å². The summed E-state index contributed by atoms with van der Waals surface area (Å²) in [5.41, 5.74) is 4.91. The molecule has 0 unspecified atom stereocenters. The van der Waals surface area contributed by atoms with Crippen LogP contribution >= 0.6 is 0 Å². The molecule has 7 heteroatoms. The minimum Gasteiger partial charge on any atom is -0.497 e. The first kappa shape index (κ1) is 16.4. The Hall–Kier alpha value is -3.48. The summed E-state index contributed by atoms with van der Waals surface area (Å²) in [5, 5.41) is 10.8. The molecular weight excluding hydrogens is 323 g/mol. The Morgan fingerprint density at radius 1 is 1.28 bits per heavy atom. The first-order valence-electron chi connectivity index (χ1n) is 7.44. The lowest BCUT2D eigenvalue weighted by Gasteiger charge is -2.03. The van der Waals surface area contributed by atoms with E-state index in [1.807, 2.05) is 24.3 Å². The van der Waals surface area contributed by atoms with Gasteiger partial charge in [-0.2, -0.15) is 10.2 Å². The Morgan fingerprint density at radius 2 is 2.08 bits per heavy atom. The quantitative estimate of drug-likeness (QED) is 0.554. The summed E-state index contributed by atoms with van der Waals surface area (Å²) in [5.74, 6) is -0.223. The molecule has 6 nitrogen and oxygen atoms in total. The predicted octanol–water partition coefficient (Wildman–Crippen LogP) is 2.99. The molecule has 1 heterocycles. The number of ether oxygens (including phenoxy) is 1. The monoisotopic (exact) mass is 338 g/mol.